The van der Waals surface area contributed by atoms with Crippen molar-refractivity contribution in [2.24, 2.45) is 5.92 Å². The fourth-order valence-corrected chi connectivity index (χ4v) is 2.96. The summed E-state index contributed by atoms with van der Waals surface area (Å²) in [7, 11) is 0. The summed E-state index contributed by atoms with van der Waals surface area (Å²) in [5, 5.41) is 7.65. The zero-order chi connectivity index (χ0) is 14.5. The molecule has 1 aromatic rings. The van der Waals surface area contributed by atoms with Crippen molar-refractivity contribution in [3.63, 3.8) is 0 Å². The molecule has 112 valence electrons. The van der Waals surface area contributed by atoms with Crippen molar-refractivity contribution in [3.05, 3.63) is 21.0 Å². The first-order chi connectivity index (χ1) is 9.65. The van der Waals surface area contributed by atoms with Gasteiger partial charge in [-0.15, -0.1) is 0 Å². The van der Waals surface area contributed by atoms with Crippen molar-refractivity contribution in [2.45, 2.75) is 65.0 Å². The van der Waals surface area contributed by atoms with E-state index in [9.17, 15) is 4.79 Å². The molecule has 4 nitrogen and oxygen atoms in total. The van der Waals surface area contributed by atoms with Gasteiger partial charge in [0.05, 0.1) is 10.7 Å². The maximum absolute atomic E-state index is 12.5. The summed E-state index contributed by atoms with van der Waals surface area (Å²) in [5.41, 5.74) is 0.667. The van der Waals surface area contributed by atoms with Crippen LogP contribution in [0.15, 0.2) is 15.5 Å². The Hall–Kier alpha value is -0.840. The maximum atomic E-state index is 12.5. The second-order valence-corrected chi connectivity index (χ2v) is 6.54. The normalized spacial score (nSPS) is 16.8. The minimum absolute atomic E-state index is 0.000767. The molecule has 1 aliphatic rings. The summed E-state index contributed by atoms with van der Waals surface area (Å²) in [6, 6.07) is 0.351. The van der Waals surface area contributed by atoms with E-state index in [0.29, 0.717) is 17.6 Å². The Balaban J connectivity index is 2.17. The van der Waals surface area contributed by atoms with Crippen LogP contribution >= 0.6 is 15.9 Å². The zero-order valence-corrected chi connectivity index (χ0v) is 13.9. The van der Waals surface area contributed by atoms with Crippen LogP contribution in [0.4, 0.5) is 5.69 Å². The van der Waals surface area contributed by atoms with Gasteiger partial charge in [-0.3, -0.25) is 4.79 Å². The number of hydrogen-bond donors (Lipinski definition) is 1. The van der Waals surface area contributed by atoms with Gasteiger partial charge in [0.1, 0.15) is 5.69 Å². The molecular formula is C15H24BrN3O. The molecule has 1 N–H and O–H groups in total. The fraction of sp³-hybridized carbons (Fsp3) is 0.733. The monoisotopic (exact) mass is 341 g/mol. The highest BCUT2D eigenvalue weighted by molar-refractivity contribution is 9.10. The third-order valence-corrected chi connectivity index (χ3v) is 4.73. The lowest BCUT2D eigenvalue weighted by Crippen LogP contribution is -2.32. The SMILES string of the molecule is CCCC(CC)Nc1c(Br)cnn(CC2CCC2)c1=O. The second-order valence-electron chi connectivity index (χ2n) is 5.69. The Morgan fingerprint density at radius 1 is 1.50 bits per heavy atom. The molecule has 20 heavy (non-hydrogen) atoms. The molecule has 0 aliphatic heterocycles. The van der Waals surface area contributed by atoms with Gasteiger partial charge in [0.25, 0.3) is 5.56 Å². The van der Waals surface area contributed by atoms with Crippen molar-refractivity contribution in [1.29, 1.82) is 0 Å². The molecule has 1 unspecified atom stereocenters. The summed E-state index contributed by atoms with van der Waals surface area (Å²) in [6.45, 7) is 5.07. The first kappa shape index (κ1) is 15.5. The molecule has 2 rings (SSSR count). The quantitative estimate of drug-likeness (QED) is 0.820. The van der Waals surface area contributed by atoms with Gasteiger partial charge in [-0.05, 0) is 47.5 Å². The summed E-state index contributed by atoms with van der Waals surface area (Å²) in [5.74, 6) is 0.631. The highest BCUT2D eigenvalue weighted by Crippen LogP contribution is 2.27. The molecule has 1 atom stereocenters. The topological polar surface area (TPSA) is 46.9 Å². The summed E-state index contributed by atoms with van der Waals surface area (Å²) >= 11 is 3.45. The molecule has 1 fully saturated rings. The van der Waals surface area contributed by atoms with Crippen LogP contribution < -0.4 is 10.9 Å². The van der Waals surface area contributed by atoms with Gasteiger partial charge in [-0.25, -0.2) is 4.68 Å². The van der Waals surface area contributed by atoms with Crippen LogP contribution in [0.5, 0.6) is 0 Å². The van der Waals surface area contributed by atoms with E-state index in [1.165, 1.54) is 19.3 Å². The zero-order valence-electron chi connectivity index (χ0n) is 12.4. The molecule has 0 saturated heterocycles. The number of anilines is 1. The van der Waals surface area contributed by atoms with Crippen LogP contribution in [0.25, 0.3) is 0 Å². The minimum Gasteiger partial charge on any atom is -0.377 e. The number of hydrogen-bond acceptors (Lipinski definition) is 3. The lowest BCUT2D eigenvalue weighted by molar-refractivity contribution is 0.262. The first-order valence-corrected chi connectivity index (χ1v) is 8.47. The van der Waals surface area contributed by atoms with Crippen LogP contribution in [0, 0.1) is 5.92 Å². The van der Waals surface area contributed by atoms with Crippen molar-refractivity contribution in [1.82, 2.24) is 9.78 Å². The summed E-state index contributed by atoms with van der Waals surface area (Å²) in [4.78, 5) is 12.5. The van der Waals surface area contributed by atoms with Gasteiger partial charge < -0.3 is 5.32 Å². The van der Waals surface area contributed by atoms with E-state index in [1.807, 2.05) is 0 Å². The third kappa shape index (κ3) is 3.62. The standard InChI is InChI=1S/C15H24BrN3O/c1-3-6-12(4-2)18-14-13(16)9-17-19(15(14)20)10-11-7-5-8-11/h9,11-12,18H,3-8,10H2,1-2H3. The van der Waals surface area contributed by atoms with Crippen LogP contribution in [-0.2, 0) is 6.54 Å². The fourth-order valence-electron chi connectivity index (χ4n) is 2.58. The molecule has 1 saturated carbocycles. The number of aromatic nitrogens is 2. The molecular weight excluding hydrogens is 318 g/mol. The van der Waals surface area contributed by atoms with E-state index in [4.69, 9.17) is 0 Å². The number of rotatable bonds is 7. The number of nitrogens with zero attached hydrogens (tertiary/aromatic N) is 2. The van der Waals surface area contributed by atoms with Crippen molar-refractivity contribution < 1.29 is 0 Å². The Morgan fingerprint density at radius 3 is 2.80 bits per heavy atom. The Bertz CT molecular complexity index is 496. The van der Waals surface area contributed by atoms with Crippen molar-refractivity contribution in [2.75, 3.05) is 5.32 Å². The molecule has 1 aliphatic carbocycles. The van der Waals surface area contributed by atoms with E-state index in [0.717, 1.165) is 30.3 Å². The van der Waals surface area contributed by atoms with E-state index >= 15 is 0 Å². The molecule has 5 heteroatoms. The number of nitrogens with one attached hydrogen (secondary N) is 1. The van der Waals surface area contributed by atoms with Crippen LogP contribution in [0.2, 0.25) is 0 Å². The van der Waals surface area contributed by atoms with Gasteiger partial charge in [0.2, 0.25) is 0 Å². The molecule has 1 aromatic heterocycles. The van der Waals surface area contributed by atoms with Crippen molar-refractivity contribution >= 4 is 21.6 Å². The van der Waals surface area contributed by atoms with E-state index in [-0.39, 0.29) is 5.56 Å². The third-order valence-electron chi connectivity index (χ3n) is 4.13. The molecule has 0 spiro atoms. The Kier molecular flexibility index (Phi) is 5.64. The average Bonchev–Trinajstić information content (AvgIpc) is 2.39. The highest BCUT2D eigenvalue weighted by atomic mass is 79.9. The van der Waals surface area contributed by atoms with Gasteiger partial charge in [-0.1, -0.05) is 26.7 Å². The maximum Gasteiger partial charge on any atom is 0.291 e. The predicted octanol–water partition coefficient (Wildman–Crippen LogP) is 3.80. The average molecular weight is 342 g/mol. The minimum atomic E-state index is 0.000767. The molecule has 1 heterocycles. The molecule has 0 aromatic carbocycles. The lowest BCUT2D eigenvalue weighted by Gasteiger charge is -2.26. The molecule has 0 radical (unpaired) electrons. The Morgan fingerprint density at radius 2 is 2.25 bits per heavy atom. The largest absolute Gasteiger partial charge is 0.377 e. The van der Waals surface area contributed by atoms with Gasteiger partial charge in [0, 0.05) is 12.6 Å². The van der Waals surface area contributed by atoms with Gasteiger partial charge in [-0.2, -0.15) is 5.10 Å². The van der Waals surface area contributed by atoms with Gasteiger partial charge in [0.15, 0.2) is 0 Å². The lowest BCUT2D eigenvalue weighted by atomic mass is 9.85. The molecule has 0 bridgehead atoms. The number of halogens is 1. The van der Waals surface area contributed by atoms with Gasteiger partial charge >= 0.3 is 0 Å². The van der Waals surface area contributed by atoms with Crippen LogP contribution in [0.1, 0.15) is 52.4 Å². The second kappa shape index (κ2) is 7.25. The summed E-state index contributed by atoms with van der Waals surface area (Å²) in [6.07, 6.45) is 8.68. The van der Waals surface area contributed by atoms with Crippen LogP contribution in [-0.4, -0.2) is 15.8 Å². The van der Waals surface area contributed by atoms with Crippen LogP contribution in [0.3, 0.4) is 0 Å². The Labute approximate surface area is 129 Å². The predicted molar refractivity (Wildman–Crippen MR) is 86.1 cm³/mol. The smallest absolute Gasteiger partial charge is 0.291 e. The molecule has 0 amide bonds. The van der Waals surface area contributed by atoms with E-state index in [1.54, 1.807) is 10.9 Å². The van der Waals surface area contributed by atoms with E-state index in [2.05, 4.69) is 40.2 Å². The highest BCUT2D eigenvalue weighted by Gasteiger charge is 2.20. The summed E-state index contributed by atoms with van der Waals surface area (Å²) < 4.78 is 2.39. The first-order valence-electron chi connectivity index (χ1n) is 7.67. The van der Waals surface area contributed by atoms with E-state index < -0.39 is 0 Å². The van der Waals surface area contributed by atoms with Crippen molar-refractivity contribution in [3.8, 4) is 0 Å².